The van der Waals surface area contributed by atoms with Gasteiger partial charge < -0.3 is 21.1 Å². The van der Waals surface area contributed by atoms with E-state index >= 15 is 0 Å². The Labute approximate surface area is 144 Å². The summed E-state index contributed by atoms with van der Waals surface area (Å²) >= 11 is 0. The van der Waals surface area contributed by atoms with E-state index in [1.165, 1.54) is 4.90 Å². The van der Waals surface area contributed by atoms with E-state index in [2.05, 4.69) is 14.7 Å². The molecule has 0 radical (unpaired) electrons. The summed E-state index contributed by atoms with van der Waals surface area (Å²) in [6.07, 6.45) is -5.80. The molecule has 2 rings (SSSR count). The van der Waals surface area contributed by atoms with Gasteiger partial charge in [-0.15, -0.1) is 13.2 Å². The predicted octanol–water partition coefficient (Wildman–Crippen LogP) is 2.72. The van der Waals surface area contributed by atoms with Crippen LogP contribution in [0, 0.1) is 5.82 Å². The first-order chi connectivity index (χ1) is 12.0. The van der Waals surface area contributed by atoms with Crippen molar-refractivity contribution in [2.75, 3.05) is 13.1 Å². The number of alkyl halides is 5. The van der Waals surface area contributed by atoms with E-state index in [1.54, 1.807) is 0 Å². The van der Waals surface area contributed by atoms with Crippen LogP contribution >= 0.6 is 0 Å². The van der Waals surface area contributed by atoms with Gasteiger partial charge in [0, 0.05) is 32.0 Å². The molecule has 1 heterocycles. The van der Waals surface area contributed by atoms with Gasteiger partial charge in [-0.25, -0.2) is 18.2 Å². The van der Waals surface area contributed by atoms with Crippen LogP contribution in [-0.4, -0.2) is 42.2 Å². The van der Waals surface area contributed by atoms with Gasteiger partial charge in [0.15, 0.2) is 17.5 Å². The number of piperidine rings is 1. The standard InChI is InChI=1S/C14H15F6N5O/c15-9-7-8(1-2-10(9)26-14(18,19)20)23-11(21)24-12(22)25-5-3-13(16,17)4-6-25/h1-2,7H,3-6H2,(H4,21,22,23,24). The Hall–Kier alpha value is -2.66. The highest BCUT2D eigenvalue weighted by molar-refractivity contribution is 5.94. The number of hydrogen-bond acceptors (Lipinski definition) is 2. The molecule has 0 aliphatic carbocycles. The first-order valence-electron chi connectivity index (χ1n) is 7.32. The molecule has 26 heavy (non-hydrogen) atoms. The van der Waals surface area contributed by atoms with Crippen molar-refractivity contribution < 1.29 is 31.1 Å². The van der Waals surface area contributed by atoms with Gasteiger partial charge in [-0.05, 0) is 12.1 Å². The van der Waals surface area contributed by atoms with E-state index in [1.807, 2.05) is 0 Å². The quantitative estimate of drug-likeness (QED) is 0.467. The van der Waals surface area contributed by atoms with Gasteiger partial charge in [-0.2, -0.15) is 4.99 Å². The molecule has 12 heteroatoms. The van der Waals surface area contributed by atoms with Gasteiger partial charge in [0.05, 0.1) is 5.69 Å². The van der Waals surface area contributed by atoms with Crippen LogP contribution in [0.2, 0.25) is 0 Å². The van der Waals surface area contributed by atoms with Crippen molar-refractivity contribution in [3.8, 4) is 5.75 Å². The molecule has 0 atom stereocenters. The number of likely N-dealkylation sites (tertiary alicyclic amines) is 1. The van der Waals surface area contributed by atoms with Gasteiger partial charge >= 0.3 is 6.36 Å². The van der Waals surface area contributed by atoms with Crippen LogP contribution in [0.1, 0.15) is 12.8 Å². The lowest BCUT2D eigenvalue weighted by molar-refractivity contribution is -0.275. The number of nitrogens with two attached hydrogens (primary N) is 2. The molecule has 1 aromatic carbocycles. The Bertz CT molecular complexity index is 708. The lowest BCUT2D eigenvalue weighted by Gasteiger charge is -2.32. The first kappa shape index (κ1) is 19.7. The zero-order chi connectivity index (χ0) is 19.5. The molecular weight excluding hydrogens is 368 g/mol. The summed E-state index contributed by atoms with van der Waals surface area (Å²) in [5, 5.41) is 0. The van der Waals surface area contributed by atoms with Crippen LogP contribution < -0.4 is 16.2 Å². The Morgan fingerprint density at radius 3 is 2.31 bits per heavy atom. The third-order valence-electron chi connectivity index (χ3n) is 3.43. The fourth-order valence-electron chi connectivity index (χ4n) is 2.18. The summed E-state index contributed by atoms with van der Waals surface area (Å²) in [6, 6.07) is 2.43. The normalized spacial score (nSPS) is 18.8. The zero-order valence-corrected chi connectivity index (χ0v) is 13.2. The van der Waals surface area contributed by atoms with Crippen LogP contribution in [-0.2, 0) is 0 Å². The number of halogens is 6. The maximum atomic E-state index is 13.6. The van der Waals surface area contributed by atoms with E-state index in [4.69, 9.17) is 11.5 Å². The number of hydrogen-bond donors (Lipinski definition) is 2. The second kappa shape index (κ2) is 7.30. The Morgan fingerprint density at radius 2 is 1.77 bits per heavy atom. The maximum Gasteiger partial charge on any atom is 0.573 e. The summed E-state index contributed by atoms with van der Waals surface area (Å²) in [6.45, 7) is -0.0402. The number of nitrogens with zero attached hydrogens (tertiary/aromatic N) is 3. The number of guanidine groups is 2. The minimum Gasteiger partial charge on any atom is -0.403 e. The Balaban J connectivity index is 2.08. The van der Waals surface area contributed by atoms with Gasteiger partial charge in [0.25, 0.3) is 5.92 Å². The summed E-state index contributed by atoms with van der Waals surface area (Å²) in [5.74, 6) is -5.63. The lowest BCUT2D eigenvalue weighted by atomic mass is 10.1. The second-order valence-electron chi connectivity index (χ2n) is 5.45. The fraction of sp³-hybridized carbons (Fsp3) is 0.429. The van der Waals surface area contributed by atoms with Crippen molar-refractivity contribution in [2.45, 2.75) is 25.1 Å². The van der Waals surface area contributed by atoms with E-state index < -0.39 is 29.8 Å². The minimum atomic E-state index is -5.03. The monoisotopic (exact) mass is 383 g/mol. The molecular formula is C14H15F6N5O. The third kappa shape index (κ3) is 5.70. The van der Waals surface area contributed by atoms with Crippen molar-refractivity contribution in [1.82, 2.24) is 4.90 Å². The largest absolute Gasteiger partial charge is 0.573 e. The molecule has 1 saturated heterocycles. The highest BCUT2D eigenvalue weighted by Crippen LogP contribution is 2.29. The van der Waals surface area contributed by atoms with Gasteiger partial charge in [-0.1, -0.05) is 0 Å². The van der Waals surface area contributed by atoms with E-state index in [0.717, 1.165) is 12.1 Å². The number of aliphatic imine (C=N–C) groups is 2. The van der Waals surface area contributed by atoms with Crippen molar-refractivity contribution in [1.29, 1.82) is 0 Å². The third-order valence-corrected chi connectivity index (χ3v) is 3.43. The molecule has 0 aromatic heterocycles. The van der Waals surface area contributed by atoms with E-state index in [-0.39, 0.29) is 37.6 Å². The number of benzene rings is 1. The predicted molar refractivity (Wildman–Crippen MR) is 81.7 cm³/mol. The smallest absolute Gasteiger partial charge is 0.403 e. The average molecular weight is 383 g/mol. The van der Waals surface area contributed by atoms with Gasteiger partial charge in [0.1, 0.15) is 0 Å². The fourth-order valence-corrected chi connectivity index (χ4v) is 2.18. The van der Waals surface area contributed by atoms with Crippen molar-refractivity contribution in [3.05, 3.63) is 24.0 Å². The van der Waals surface area contributed by atoms with Crippen molar-refractivity contribution in [3.63, 3.8) is 0 Å². The van der Waals surface area contributed by atoms with Crippen LogP contribution in [0.15, 0.2) is 28.2 Å². The molecule has 1 fully saturated rings. The second-order valence-corrected chi connectivity index (χ2v) is 5.45. The molecule has 0 unspecified atom stereocenters. The van der Waals surface area contributed by atoms with Crippen molar-refractivity contribution in [2.24, 2.45) is 21.5 Å². The summed E-state index contributed by atoms with van der Waals surface area (Å²) < 4.78 is 79.5. The SMILES string of the molecule is NC(=Nc1ccc(OC(F)(F)F)c(F)c1)N=C(N)N1CCC(F)(F)CC1. The first-order valence-corrected chi connectivity index (χ1v) is 7.32. The topological polar surface area (TPSA) is 89.2 Å². The van der Waals surface area contributed by atoms with Crippen LogP contribution in [0.5, 0.6) is 5.75 Å². The molecule has 4 N–H and O–H groups in total. The number of ether oxygens (including phenoxy) is 1. The molecule has 1 aliphatic rings. The molecule has 1 aliphatic heterocycles. The lowest BCUT2D eigenvalue weighted by Crippen LogP contribution is -2.46. The van der Waals surface area contributed by atoms with Crippen molar-refractivity contribution >= 4 is 17.6 Å². The van der Waals surface area contributed by atoms with E-state index in [9.17, 15) is 26.3 Å². The Morgan fingerprint density at radius 1 is 1.15 bits per heavy atom. The molecule has 0 bridgehead atoms. The highest BCUT2D eigenvalue weighted by Gasteiger charge is 2.34. The summed E-state index contributed by atoms with van der Waals surface area (Å²) in [4.78, 5) is 8.81. The molecule has 144 valence electrons. The summed E-state index contributed by atoms with van der Waals surface area (Å²) in [7, 11) is 0. The maximum absolute atomic E-state index is 13.6. The molecule has 6 nitrogen and oxygen atoms in total. The summed E-state index contributed by atoms with van der Waals surface area (Å²) in [5.41, 5.74) is 11.1. The zero-order valence-electron chi connectivity index (χ0n) is 13.2. The minimum absolute atomic E-state index is 0.0201. The van der Waals surface area contributed by atoms with Gasteiger partial charge in [-0.3, -0.25) is 0 Å². The van der Waals surface area contributed by atoms with Crippen LogP contribution in [0.3, 0.4) is 0 Å². The molecule has 0 spiro atoms. The molecule has 0 saturated carbocycles. The number of rotatable bonds is 2. The van der Waals surface area contributed by atoms with Crippen LogP contribution in [0.4, 0.5) is 32.0 Å². The average Bonchev–Trinajstić information content (AvgIpc) is 2.48. The highest BCUT2D eigenvalue weighted by atomic mass is 19.4. The van der Waals surface area contributed by atoms with Gasteiger partial charge in [0.2, 0.25) is 5.96 Å². The van der Waals surface area contributed by atoms with E-state index in [0.29, 0.717) is 6.07 Å². The molecule has 0 amide bonds. The molecule has 1 aromatic rings. The van der Waals surface area contributed by atoms with Crippen LogP contribution in [0.25, 0.3) is 0 Å². The Kier molecular flexibility index (Phi) is 5.52.